The van der Waals surface area contributed by atoms with Crippen LogP contribution >= 0.6 is 0 Å². The van der Waals surface area contributed by atoms with Gasteiger partial charge >= 0.3 is 5.97 Å². The van der Waals surface area contributed by atoms with E-state index < -0.39 is 5.97 Å². The van der Waals surface area contributed by atoms with Crippen molar-refractivity contribution in [3.63, 3.8) is 0 Å². The number of pyridine rings is 1. The zero-order chi connectivity index (χ0) is 9.97. The number of carbonyl (C=O) groups is 1. The van der Waals surface area contributed by atoms with E-state index in [0.717, 1.165) is 0 Å². The van der Waals surface area contributed by atoms with E-state index in [1.807, 2.05) is 0 Å². The van der Waals surface area contributed by atoms with Crippen LogP contribution in [0.2, 0.25) is 0 Å². The minimum absolute atomic E-state index is 0.112. The lowest BCUT2D eigenvalue weighted by molar-refractivity contribution is 0.0697. The largest absolute Gasteiger partial charge is 0.478 e. The van der Waals surface area contributed by atoms with Crippen molar-refractivity contribution in [2.24, 2.45) is 0 Å². The van der Waals surface area contributed by atoms with Gasteiger partial charge in [-0.3, -0.25) is 4.98 Å². The molecule has 1 N–H and O–H groups in total. The molecule has 0 aliphatic heterocycles. The Morgan fingerprint density at radius 1 is 1.43 bits per heavy atom. The molecule has 2 heterocycles. The van der Waals surface area contributed by atoms with E-state index in [-0.39, 0.29) is 5.56 Å². The minimum atomic E-state index is -1.03. The van der Waals surface area contributed by atoms with Crippen molar-refractivity contribution >= 4 is 5.97 Å². The molecule has 0 radical (unpaired) electrons. The second kappa shape index (κ2) is 3.29. The molecule has 5 nitrogen and oxygen atoms in total. The number of hydrogen-bond acceptors (Lipinski definition) is 4. The number of aromatic carboxylic acids is 1. The lowest BCUT2D eigenvalue weighted by Crippen LogP contribution is -2.00. The van der Waals surface area contributed by atoms with Crippen LogP contribution in [0.1, 0.15) is 10.4 Å². The van der Waals surface area contributed by atoms with Crippen molar-refractivity contribution in [1.29, 1.82) is 0 Å². The number of nitrogens with zero attached hydrogens (tertiary/aromatic N) is 2. The third-order valence-corrected chi connectivity index (χ3v) is 1.72. The lowest BCUT2D eigenvalue weighted by atomic mass is 10.1. The molecular weight excluding hydrogens is 184 g/mol. The van der Waals surface area contributed by atoms with E-state index >= 15 is 0 Å². The fourth-order valence-electron chi connectivity index (χ4n) is 1.12. The van der Waals surface area contributed by atoms with Crippen LogP contribution in [-0.2, 0) is 0 Å². The second-order valence-electron chi connectivity index (χ2n) is 2.59. The molecule has 0 saturated carbocycles. The molecule has 2 rings (SSSR count). The van der Waals surface area contributed by atoms with Gasteiger partial charge in [-0.1, -0.05) is 5.16 Å². The lowest BCUT2D eigenvalue weighted by Gasteiger charge is -1.99. The van der Waals surface area contributed by atoms with E-state index in [1.54, 1.807) is 12.1 Å². The first kappa shape index (κ1) is 8.43. The van der Waals surface area contributed by atoms with Gasteiger partial charge in [0.05, 0.1) is 5.56 Å². The van der Waals surface area contributed by atoms with Gasteiger partial charge in [0.15, 0.2) is 0 Å². The third kappa shape index (κ3) is 1.35. The first-order valence-corrected chi connectivity index (χ1v) is 3.88. The summed E-state index contributed by atoms with van der Waals surface area (Å²) in [6, 6.07) is 4.60. The topological polar surface area (TPSA) is 76.2 Å². The number of rotatable bonds is 2. The van der Waals surface area contributed by atoms with Gasteiger partial charge in [0, 0.05) is 12.3 Å². The average molecular weight is 190 g/mol. The van der Waals surface area contributed by atoms with Gasteiger partial charge < -0.3 is 9.63 Å². The standard InChI is InChI=1S/C9H6N2O3/c12-9(13)6-2-1-4-10-8(6)7-3-5-14-11-7/h1-5H,(H,12,13). The molecular formula is C9H6N2O3. The van der Waals surface area contributed by atoms with Gasteiger partial charge in [0.1, 0.15) is 17.7 Å². The number of hydrogen-bond donors (Lipinski definition) is 1. The summed E-state index contributed by atoms with van der Waals surface area (Å²) in [7, 11) is 0. The van der Waals surface area contributed by atoms with Crippen LogP contribution in [-0.4, -0.2) is 21.2 Å². The third-order valence-electron chi connectivity index (χ3n) is 1.72. The van der Waals surface area contributed by atoms with Gasteiger partial charge in [0.25, 0.3) is 0 Å². The molecule has 0 fully saturated rings. The minimum Gasteiger partial charge on any atom is -0.478 e. The Hall–Kier alpha value is -2.17. The first-order chi connectivity index (χ1) is 6.79. The molecule has 0 unspecified atom stereocenters. The molecule has 2 aromatic rings. The molecule has 2 aromatic heterocycles. The van der Waals surface area contributed by atoms with E-state index in [2.05, 4.69) is 14.7 Å². The summed E-state index contributed by atoms with van der Waals surface area (Å²) in [4.78, 5) is 14.8. The number of aromatic nitrogens is 2. The summed E-state index contributed by atoms with van der Waals surface area (Å²) in [5.41, 5.74) is 0.846. The van der Waals surface area contributed by atoms with Crippen LogP contribution in [0.5, 0.6) is 0 Å². The highest BCUT2D eigenvalue weighted by Crippen LogP contribution is 2.18. The summed E-state index contributed by atoms with van der Waals surface area (Å²) >= 11 is 0. The van der Waals surface area contributed by atoms with Crippen LogP contribution in [0, 0.1) is 0 Å². The molecule has 0 amide bonds. The highest BCUT2D eigenvalue weighted by molar-refractivity contribution is 5.94. The summed E-state index contributed by atoms with van der Waals surface area (Å²) in [5.74, 6) is -1.03. The normalized spacial score (nSPS) is 10.0. The Morgan fingerprint density at radius 3 is 2.93 bits per heavy atom. The number of carboxylic acids is 1. The van der Waals surface area contributed by atoms with Crippen LogP contribution in [0.25, 0.3) is 11.4 Å². The van der Waals surface area contributed by atoms with Gasteiger partial charge in [-0.05, 0) is 12.1 Å². The quantitative estimate of drug-likeness (QED) is 0.775. The maximum absolute atomic E-state index is 10.8. The van der Waals surface area contributed by atoms with Gasteiger partial charge in [0.2, 0.25) is 0 Å². The zero-order valence-corrected chi connectivity index (χ0v) is 7.04. The molecule has 0 aliphatic carbocycles. The zero-order valence-electron chi connectivity index (χ0n) is 7.04. The fraction of sp³-hybridized carbons (Fsp3) is 0. The van der Waals surface area contributed by atoms with Crippen molar-refractivity contribution < 1.29 is 14.4 Å². The Labute approximate surface area is 79.0 Å². The monoisotopic (exact) mass is 190 g/mol. The van der Waals surface area contributed by atoms with Crippen LogP contribution in [0.4, 0.5) is 0 Å². The van der Waals surface area contributed by atoms with Crippen LogP contribution in [0.3, 0.4) is 0 Å². The maximum Gasteiger partial charge on any atom is 0.337 e. The molecule has 14 heavy (non-hydrogen) atoms. The molecule has 0 spiro atoms. The number of carboxylic acid groups (broad SMARTS) is 1. The predicted molar refractivity (Wildman–Crippen MR) is 46.7 cm³/mol. The molecule has 70 valence electrons. The van der Waals surface area contributed by atoms with Gasteiger partial charge in [-0.2, -0.15) is 0 Å². The highest BCUT2D eigenvalue weighted by Gasteiger charge is 2.13. The Balaban J connectivity index is 2.58. The summed E-state index contributed by atoms with van der Waals surface area (Å²) in [5, 5.41) is 12.5. The molecule has 0 aliphatic rings. The molecule has 0 aromatic carbocycles. The predicted octanol–water partition coefficient (Wildman–Crippen LogP) is 1.43. The maximum atomic E-state index is 10.8. The second-order valence-corrected chi connectivity index (χ2v) is 2.59. The summed E-state index contributed by atoms with van der Waals surface area (Å²) < 4.78 is 4.62. The first-order valence-electron chi connectivity index (χ1n) is 3.88. The van der Waals surface area contributed by atoms with Crippen molar-refractivity contribution in [2.45, 2.75) is 0 Å². The van der Waals surface area contributed by atoms with Gasteiger partial charge in [-0.15, -0.1) is 0 Å². The van der Waals surface area contributed by atoms with E-state index in [0.29, 0.717) is 11.4 Å². The Morgan fingerprint density at radius 2 is 2.29 bits per heavy atom. The smallest absolute Gasteiger partial charge is 0.337 e. The Bertz CT molecular complexity index is 451. The molecule has 0 bridgehead atoms. The molecule has 0 saturated heterocycles. The van der Waals surface area contributed by atoms with E-state index in [1.165, 1.54) is 18.5 Å². The summed E-state index contributed by atoms with van der Waals surface area (Å²) in [6.45, 7) is 0. The van der Waals surface area contributed by atoms with Crippen LogP contribution in [0.15, 0.2) is 35.2 Å². The van der Waals surface area contributed by atoms with Gasteiger partial charge in [-0.25, -0.2) is 4.79 Å². The Kier molecular flexibility index (Phi) is 1.98. The molecule has 0 atom stereocenters. The average Bonchev–Trinajstić information content (AvgIpc) is 2.70. The molecule has 5 heteroatoms. The van der Waals surface area contributed by atoms with E-state index in [4.69, 9.17) is 5.11 Å². The van der Waals surface area contributed by atoms with Crippen LogP contribution < -0.4 is 0 Å². The van der Waals surface area contributed by atoms with Crippen molar-refractivity contribution in [3.8, 4) is 11.4 Å². The van der Waals surface area contributed by atoms with Crippen molar-refractivity contribution in [1.82, 2.24) is 10.1 Å². The SMILES string of the molecule is O=C(O)c1cccnc1-c1ccon1. The van der Waals surface area contributed by atoms with E-state index in [9.17, 15) is 4.79 Å². The summed E-state index contributed by atoms with van der Waals surface area (Å²) in [6.07, 6.45) is 2.88. The fourth-order valence-corrected chi connectivity index (χ4v) is 1.12. The van der Waals surface area contributed by atoms with Crippen molar-refractivity contribution in [2.75, 3.05) is 0 Å². The highest BCUT2D eigenvalue weighted by atomic mass is 16.5. The van der Waals surface area contributed by atoms with Crippen molar-refractivity contribution in [3.05, 3.63) is 36.2 Å².